The highest BCUT2D eigenvalue weighted by Crippen LogP contribution is 2.28. The number of amides is 1. The first kappa shape index (κ1) is 19.3. The van der Waals surface area contributed by atoms with Crippen molar-refractivity contribution in [3.63, 3.8) is 0 Å². The molecule has 0 radical (unpaired) electrons. The summed E-state index contributed by atoms with van der Waals surface area (Å²) in [6.45, 7) is 3.90. The van der Waals surface area contributed by atoms with Gasteiger partial charge in [-0.25, -0.2) is 0 Å². The molecule has 4 heterocycles. The topological polar surface area (TPSA) is 108 Å². The zero-order chi connectivity index (χ0) is 21.1. The highest BCUT2D eigenvalue weighted by atomic mass is 16.1. The molecule has 1 atom stereocenters. The quantitative estimate of drug-likeness (QED) is 0.555. The van der Waals surface area contributed by atoms with Crippen LogP contribution in [0.25, 0.3) is 22.5 Å². The number of aromatic nitrogens is 5. The van der Waals surface area contributed by atoms with Crippen LogP contribution in [0.2, 0.25) is 0 Å². The van der Waals surface area contributed by atoms with Gasteiger partial charge in [-0.2, -0.15) is 0 Å². The van der Waals surface area contributed by atoms with Gasteiger partial charge in [0.25, 0.3) is 0 Å². The minimum absolute atomic E-state index is 0.483. The number of carbonyl (C=O) groups is 1. The maximum atomic E-state index is 12.3. The standard InChI is InChI=1S/C23H20N6O/c1-14-9-18(12-29-22(14)16-5-6-26-15(2)10-16)21(23(24)30)19-4-3-17(11-28-19)20-13-25-7-8-27-20/h3-13,21H,1-2H3,(H2,24,30). The van der Waals surface area contributed by atoms with Gasteiger partial charge in [0.2, 0.25) is 5.91 Å². The van der Waals surface area contributed by atoms with Gasteiger partial charge < -0.3 is 5.73 Å². The maximum Gasteiger partial charge on any atom is 0.231 e. The molecule has 0 aliphatic heterocycles. The van der Waals surface area contributed by atoms with Crippen molar-refractivity contribution in [1.82, 2.24) is 24.9 Å². The van der Waals surface area contributed by atoms with E-state index in [0.717, 1.165) is 28.1 Å². The van der Waals surface area contributed by atoms with E-state index in [1.54, 1.807) is 43.2 Å². The van der Waals surface area contributed by atoms with E-state index >= 15 is 0 Å². The van der Waals surface area contributed by atoms with E-state index in [2.05, 4.69) is 24.9 Å². The van der Waals surface area contributed by atoms with Crippen molar-refractivity contribution in [2.24, 2.45) is 5.73 Å². The highest BCUT2D eigenvalue weighted by Gasteiger charge is 2.23. The molecular formula is C23H20N6O. The smallest absolute Gasteiger partial charge is 0.231 e. The summed E-state index contributed by atoms with van der Waals surface area (Å²) in [5.41, 5.74) is 12.2. The summed E-state index contributed by atoms with van der Waals surface area (Å²) in [6, 6.07) is 9.48. The normalized spacial score (nSPS) is 11.8. The van der Waals surface area contributed by atoms with Crippen LogP contribution in [-0.4, -0.2) is 30.8 Å². The predicted molar refractivity (Wildman–Crippen MR) is 113 cm³/mol. The number of nitrogens with two attached hydrogens (primary N) is 1. The molecule has 1 unspecified atom stereocenters. The average Bonchev–Trinajstić information content (AvgIpc) is 2.75. The second kappa shape index (κ2) is 8.16. The van der Waals surface area contributed by atoms with Gasteiger partial charge in [0.15, 0.2) is 0 Å². The lowest BCUT2D eigenvalue weighted by molar-refractivity contribution is -0.118. The van der Waals surface area contributed by atoms with Crippen LogP contribution < -0.4 is 5.73 Å². The van der Waals surface area contributed by atoms with E-state index in [9.17, 15) is 4.79 Å². The number of primary amides is 1. The molecule has 4 aromatic heterocycles. The van der Waals surface area contributed by atoms with Crippen LogP contribution in [0.15, 0.2) is 67.5 Å². The summed E-state index contributed by atoms with van der Waals surface area (Å²) in [4.78, 5) is 33.9. The fraction of sp³-hybridized carbons (Fsp3) is 0.130. The van der Waals surface area contributed by atoms with Gasteiger partial charge in [0, 0.05) is 47.8 Å². The third kappa shape index (κ3) is 3.91. The number of carbonyl (C=O) groups excluding carboxylic acids is 1. The van der Waals surface area contributed by atoms with Crippen molar-refractivity contribution in [2.75, 3.05) is 0 Å². The van der Waals surface area contributed by atoms with Gasteiger partial charge in [0.1, 0.15) is 5.92 Å². The molecule has 148 valence electrons. The Bertz CT molecular complexity index is 1190. The summed E-state index contributed by atoms with van der Waals surface area (Å²) in [5, 5.41) is 0. The van der Waals surface area contributed by atoms with Crippen molar-refractivity contribution in [3.05, 3.63) is 90.0 Å². The van der Waals surface area contributed by atoms with Crippen molar-refractivity contribution in [3.8, 4) is 22.5 Å². The molecule has 1 amide bonds. The molecule has 7 heteroatoms. The number of rotatable bonds is 5. The summed E-state index contributed by atoms with van der Waals surface area (Å²) < 4.78 is 0. The minimum atomic E-state index is -0.694. The molecule has 0 fully saturated rings. The van der Waals surface area contributed by atoms with E-state index in [-0.39, 0.29) is 0 Å². The van der Waals surface area contributed by atoms with Gasteiger partial charge in [-0.15, -0.1) is 0 Å². The first-order valence-electron chi connectivity index (χ1n) is 9.44. The molecule has 30 heavy (non-hydrogen) atoms. The van der Waals surface area contributed by atoms with Gasteiger partial charge in [-0.3, -0.25) is 29.7 Å². The fourth-order valence-corrected chi connectivity index (χ4v) is 3.41. The lowest BCUT2D eigenvalue weighted by Gasteiger charge is -2.15. The first-order valence-corrected chi connectivity index (χ1v) is 9.44. The molecule has 2 N–H and O–H groups in total. The largest absolute Gasteiger partial charge is 0.369 e. The van der Waals surface area contributed by atoms with Gasteiger partial charge in [0.05, 0.1) is 23.3 Å². The molecule has 4 aromatic rings. The molecule has 0 bridgehead atoms. The number of nitrogens with zero attached hydrogens (tertiary/aromatic N) is 5. The molecular weight excluding hydrogens is 376 g/mol. The Labute approximate surface area is 174 Å². The molecule has 0 aromatic carbocycles. The fourth-order valence-electron chi connectivity index (χ4n) is 3.41. The second-order valence-corrected chi connectivity index (χ2v) is 7.02. The monoisotopic (exact) mass is 396 g/mol. The zero-order valence-corrected chi connectivity index (χ0v) is 16.6. The summed E-state index contributed by atoms with van der Waals surface area (Å²) in [7, 11) is 0. The summed E-state index contributed by atoms with van der Waals surface area (Å²) in [6.07, 6.45) is 10.0. The van der Waals surface area contributed by atoms with E-state index < -0.39 is 11.8 Å². The summed E-state index contributed by atoms with van der Waals surface area (Å²) >= 11 is 0. The molecule has 0 aliphatic carbocycles. The van der Waals surface area contributed by atoms with Gasteiger partial charge >= 0.3 is 0 Å². The van der Waals surface area contributed by atoms with Crippen LogP contribution in [0, 0.1) is 13.8 Å². The van der Waals surface area contributed by atoms with Gasteiger partial charge in [-0.1, -0.05) is 6.07 Å². The van der Waals surface area contributed by atoms with Crippen molar-refractivity contribution in [1.29, 1.82) is 0 Å². The lowest BCUT2D eigenvalue weighted by atomic mass is 9.93. The van der Waals surface area contributed by atoms with E-state index in [1.165, 1.54) is 0 Å². The molecule has 4 rings (SSSR count). The van der Waals surface area contributed by atoms with Crippen LogP contribution in [0.4, 0.5) is 0 Å². The number of pyridine rings is 3. The molecule has 0 saturated carbocycles. The Kier molecular flexibility index (Phi) is 5.26. The van der Waals surface area contributed by atoms with E-state index in [0.29, 0.717) is 17.0 Å². The van der Waals surface area contributed by atoms with E-state index in [1.807, 2.05) is 38.1 Å². The zero-order valence-electron chi connectivity index (χ0n) is 16.6. The first-order chi connectivity index (χ1) is 14.5. The van der Waals surface area contributed by atoms with Crippen LogP contribution in [-0.2, 0) is 4.79 Å². The van der Waals surface area contributed by atoms with E-state index in [4.69, 9.17) is 5.73 Å². The third-order valence-corrected chi connectivity index (χ3v) is 4.83. The second-order valence-electron chi connectivity index (χ2n) is 7.02. The summed E-state index contributed by atoms with van der Waals surface area (Å²) in [5.74, 6) is -1.18. The third-order valence-electron chi connectivity index (χ3n) is 4.83. The van der Waals surface area contributed by atoms with Crippen molar-refractivity contribution >= 4 is 5.91 Å². The highest BCUT2D eigenvalue weighted by molar-refractivity contribution is 5.85. The molecule has 7 nitrogen and oxygen atoms in total. The molecule has 0 spiro atoms. The lowest BCUT2D eigenvalue weighted by Crippen LogP contribution is -2.23. The van der Waals surface area contributed by atoms with Crippen LogP contribution in [0.1, 0.15) is 28.4 Å². The Morgan fingerprint density at radius 1 is 0.867 bits per heavy atom. The van der Waals surface area contributed by atoms with Crippen LogP contribution in [0.3, 0.4) is 0 Å². The number of hydrogen-bond acceptors (Lipinski definition) is 6. The Morgan fingerprint density at radius 2 is 1.73 bits per heavy atom. The van der Waals surface area contributed by atoms with Gasteiger partial charge in [-0.05, 0) is 49.2 Å². The maximum absolute atomic E-state index is 12.3. The molecule has 0 aliphatic rings. The predicted octanol–water partition coefficient (Wildman–Crippen LogP) is 3.23. The van der Waals surface area contributed by atoms with Crippen molar-refractivity contribution < 1.29 is 4.79 Å². The number of aryl methyl sites for hydroxylation is 2. The van der Waals surface area contributed by atoms with Crippen LogP contribution >= 0.6 is 0 Å². The molecule has 0 saturated heterocycles. The Hall–Kier alpha value is -4.00. The van der Waals surface area contributed by atoms with Crippen molar-refractivity contribution in [2.45, 2.75) is 19.8 Å². The number of hydrogen-bond donors (Lipinski definition) is 1. The average molecular weight is 396 g/mol. The van der Waals surface area contributed by atoms with Crippen LogP contribution in [0.5, 0.6) is 0 Å². The SMILES string of the molecule is Cc1cc(-c2ncc(C(C(N)=O)c3ccc(-c4cnccn4)cn3)cc2C)ccn1. The Morgan fingerprint density at radius 3 is 2.37 bits per heavy atom. The Balaban J connectivity index is 1.68. The minimum Gasteiger partial charge on any atom is -0.369 e.